The standard InChI is InChI=1S/2C20H20N2O3/c2*1-12-17(24)25-20-18(12)7-4-9-22(20)10-8-19(20)13-5-2-3-6-15(13)21-16(23)14(19)11-18/h2*2-7,12,14H,8-11H2,1H3,(H,21,23)/t2*12-,14-,18+,19+,20-/m11/s1. The molecule has 256 valence electrons. The minimum Gasteiger partial charge on any atom is -0.441 e. The molecular weight excluding hydrogens is 632 g/mol. The molecular formula is C40H40N4O6. The number of benzene rings is 2. The van der Waals surface area contributed by atoms with Gasteiger partial charge >= 0.3 is 11.9 Å². The van der Waals surface area contributed by atoms with Gasteiger partial charge in [0.1, 0.15) is 0 Å². The summed E-state index contributed by atoms with van der Waals surface area (Å²) < 4.78 is 12.6. The van der Waals surface area contributed by atoms with E-state index < -0.39 is 33.1 Å². The molecule has 2 saturated carbocycles. The lowest BCUT2D eigenvalue weighted by molar-refractivity contribution is -0.184. The molecule has 10 atom stereocenters. The predicted octanol–water partition coefficient (Wildman–Crippen LogP) is 4.10. The monoisotopic (exact) mass is 672 g/mol. The summed E-state index contributed by atoms with van der Waals surface area (Å²) in [5.41, 5.74) is 0.863. The van der Waals surface area contributed by atoms with Gasteiger partial charge < -0.3 is 20.1 Å². The average molecular weight is 673 g/mol. The lowest BCUT2D eigenvalue weighted by Gasteiger charge is -2.51. The van der Waals surface area contributed by atoms with E-state index in [1.165, 1.54) is 0 Å². The third-order valence-electron chi connectivity index (χ3n) is 15.4. The molecule has 2 aliphatic carbocycles. The Balaban J connectivity index is 0.000000120. The zero-order valence-electron chi connectivity index (χ0n) is 28.2. The molecule has 10 nitrogen and oxygen atoms in total. The Hall–Kier alpha value is -4.28. The van der Waals surface area contributed by atoms with Gasteiger partial charge in [0.25, 0.3) is 0 Å². The molecule has 2 amide bonds. The summed E-state index contributed by atoms with van der Waals surface area (Å²) in [6, 6.07) is 16.1. The summed E-state index contributed by atoms with van der Waals surface area (Å²) in [6.45, 7) is 7.20. The van der Waals surface area contributed by atoms with Crippen molar-refractivity contribution in [1.82, 2.24) is 9.80 Å². The largest absolute Gasteiger partial charge is 0.441 e. The van der Waals surface area contributed by atoms with Crippen molar-refractivity contribution in [3.05, 3.63) is 84.0 Å². The molecule has 2 aromatic carbocycles. The molecule has 4 spiro atoms. The van der Waals surface area contributed by atoms with Gasteiger partial charge in [0.15, 0.2) is 11.4 Å². The van der Waals surface area contributed by atoms with Gasteiger partial charge in [-0.25, -0.2) is 0 Å². The van der Waals surface area contributed by atoms with Gasteiger partial charge in [0.2, 0.25) is 11.8 Å². The Morgan fingerprint density at radius 1 is 0.640 bits per heavy atom. The molecule has 0 unspecified atom stereocenters. The number of nitrogens with zero attached hydrogens (tertiary/aromatic N) is 2. The fraction of sp³-hybridized carbons (Fsp3) is 0.500. The number of nitrogens with one attached hydrogen (secondary N) is 2. The molecule has 0 radical (unpaired) electrons. The highest BCUT2D eigenvalue weighted by atomic mass is 16.6. The number of ether oxygens (including phenoxy) is 2. The van der Waals surface area contributed by atoms with Gasteiger partial charge in [0.05, 0.1) is 45.3 Å². The first-order valence-corrected chi connectivity index (χ1v) is 18.3. The first-order chi connectivity index (χ1) is 24.1. The van der Waals surface area contributed by atoms with Crippen LogP contribution in [0.2, 0.25) is 0 Å². The maximum Gasteiger partial charge on any atom is 0.311 e. The van der Waals surface area contributed by atoms with Crippen LogP contribution in [-0.4, -0.2) is 71.2 Å². The molecule has 0 bridgehead atoms. The second-order valence-corrected chi connectivity index (χ2v) is 16.4. The van der Waals surface area contributed by atoms with E-state index in [0.29, 0.717) is 12.8 Å². The lowest BCUT2D eigenvalue weighted by atomic mass is 9.61. The summed E-state index contributed by atoms with van der Waals surface area (Å²) in [4.78, 5) is 56.3. The summed E-state index contributed by atoms with van der Waals surface area (Å²) in [5, 5.41) is 6.21. The molecule has 10 heteroatoms. The Labute approximate surface area is 290 Å². The number of para-hydroxylation sites is 2. The van der Waals surface area contributed by atoms with Crippen LogP contribution in [0.4, 0.5) is 11.4 Å². The summed E-state index contributed by atoms with van der Waals surface area (Å²) in [5.74, 6) is -0.880. The molecule has 8 aliphatic heterocycles. The summed E-state index contributed by atoms with van der Waals surface area (Å²) in [6.07, 6.45) is 11.8. The van der Waals surface area contributed by atoms with Crippen LogP contribution < -0.4 is 10.6 Å². The van der Waals surface area contributed by atoms with Gasteiger partial charge in [-0.05, 0) is 48.9 Å². The molecule has 12 rings (SSSR count). The number of anilines is 2. The highest BCUT2D eigenvalue weighted by Crippen LogP contribution is 2.77. The van der Waals surface area contributed by atoms with Crippen molar-refractivity contribution in [2.45, 2.75) is 61.8 Å². The Morgan fingerprint density at radius 3 is 1.50 bits per heavy atom. The minimum absolute atomic E-state index is 0.0762. The van der Waals surface area contributed by atoms with Crippen molar-refractivity contribution < 1.29 is 28.7 Å². The van der Waals surface area contributed by atoms with Gasteiger partial charge in [0, 0.05) is 37.6 Å². The minimum atomic E-state index is -0.718. The number of carbonyl (C=O) groups is 4. The smallest absolute Gasteiger partial charge is 0.311 e. The highest BCUT2D eigenvalue weighted by molar-refractivity contribution is 6.00. The zero-order chi connectivity index (χ0) is 34.1. The third kappa shape index (κ3) is 2.71. The summed E-state index contributed by atoms with van der Waals surface area (Å²) >= 11 is 0. The van der Waals surface area contributed by atoms with Crippen molar-refractivity contribution in [1.29, 1.82) is 0 Å². The van der Waals surface area contributed by atoms with Gasteiger partial charge in [-0.2, -0.15) is 0 Å². The number of hydrogen-bond acceptors (Lipinski definition) is 8. The average Bonchev–Trinajstić information content (AvgIpc) is 3.88. The van der Waals surface area contributed by atoms with Crippen LogP contribution in [0.1, 0.15) is 50.7 Å². The van der Waals surface area contributed by atoms with Crippen molar-refractivity contribution >= 4 is 35.1 Å². The Kier molecular flexibility index (Phi) is 5.27. The van der Waals surface area contributed by atoms with Crippen LogP contribution in [-0.2, 0) is 39.5 Å². The number of amides is 2. The lowest BCUT2D eigenvalue weighted by Crippen LogP contribution is -2.64. The fourth-order valence-corrected chi connectivity index (χ4v) is 13.6. The van der Waals surface area contributed by atoms with Crippen molar-refractivity contribution in [2.75, 3.05) is 36.8 Å². The second-order valence-electron chi connectivity index (χ2n) is 16.4. The quantitative estimate of drug-likeness (QED) is 0.318. The summed E-state index contributed by atoms with van der Waals surface area (Å²) in [7, 11) is 0. The van der Waals surface area contributed by atoms with E-state index in [2.05, 4.69) is 56.9 Å². The van der Waals surface area contributed by atoms with Crippen LogP contribution in [0.15, 0.2) is 72.8 Å². The number of rotatable bonds is 0. The Morgan fingerprint density at radius 2 is 1.06 bits per heavy atom. The van der Waals surface area contributed by atoms with E-state index in [0.717, 1.165) is 61.5 Å². The topological polar surface area (TPSA) is 117 Å². The van der Waals surface area contributed by atoms with Crippen LogP contribution in [0.25, 0.3) is 0 Å². The molecule has 6 fully saturated rings. The van der Waals surface area contributed by atoms with Gasteiger partial charge in [-0.15, -0.1) is 0 Å². The van der Waals surface area contributed by atoms with Crippen LogP contribution >= 0.6 is 0 Å². The SMILES string of the molecule is C[C@@H]1C(=O)O[C@]23N4CC=C[C@]12C[C@@H]1C(=O)Nc2ccccc2[C@@]13CC4.C[C@@H]1C(=O)O[C@]23N4CC=C[C@]12C[C@@H]1C(=O)Nc2ccccc2[C@@]13CC4. The zero-order valence-corrected chi connectivity index (χ0v) is 28.2. The third-order valence-corrected chi connectivity index (χ3v) is 15.4. The molecule has 2 aromatic rings. The maximum absolute atomic E-state index is 13.1. The van der Waals surface area contributed by atoms with Crippen molar-refractivity contribution in [3.8, 4) is 0 Å². The van der Waals surface area contributed by atoms with E-state index in [4.69, 9.17) is 9.47 Å². The van der Waals surface area contributed by atoms with E-state index in [-0.39, 0.29) is 47.4 Å². The van der Waals surface area contributed by atoms with Crippen molar-refractivity contribution in [2.24, 2.45) is 34.5 Å². The first-order valence-electron chi connectivity index (χ1n) is 18.3. The molecule has 50 heavy (non-hydrogen) atoms. The van der Waals surface area contributed by atoms with Crippen LogP contribution in [0, 0.1) is 34.5 Å². The van der Waals surface area contributed by atoms with E-state index in [1.54, 1.807) is 0 Å². The Bertz CT molecular complexity index is 1900. The van der Waals surface area contributed by atoms with E-state index >= 15 is 0 Å². The van der Waals surface area contributed by atoms with Crippen LogP contribution in [0.5, 0.6) is 0 Å². The van der Waals surface area contributed by atoms with Crippen LogP contribution in [0.3, 0.4) is 0 Å². The number of fused-ring (bicyclic) bond motifs is 2. The number of esters is 2. The second kappa shape index (κ2) is 8.95. The molecule has 10 aliphatic rings. The molecule has 8 heterocycles. The van der Waals surface area contributed by atoms with Crippen molar-refractivity contribution in [3.63, 3.8) is 0 Å². The maximum atomic E-state index is 13.1. The number of carbonyl (C=O) groups excluding carboxylic acids is 4. The highest BCUT2D eigenvalue weighted by Gasteiger charge is 2.87. The van der Waals surface area contributed by atoms with E-state index in [1.807, 2.05) is 50.2 Å². The predicted molar refractivity (Wildman–Crippen MR) is 181 cm³/mol. The normalized spacial score (nSPS) is 46.1. The van der Waals surface area contributed by atoms with Gasteiger partial charge in [-0.3, -0.25) is 29.0 Å². The fourth-order valence-electron chi connectivity index (χ4n) is 13.6. The number of hydrogen-bond donors (Lipinski definition) is 2. The van der Waals surface area contributed by atoms with Gasteiger partial charge in [-0.1, -0.05) is 74.5 Å². The molecule has 0 aromatic heterocycles. The molecule has 4 saturated heterocycles. The first kappa shape index (κ1) is 29.5. The molecule has 2 N–H and O–H groups in total. The van der Waals surface area contributed by atoms with E-state index in [9.17, 15) is 19.2 Å².